The van der Waals surface area contributed by atoms with E-state index in [4.69, 9.17) is 10.2 Å². The molecule has 1 heterocycles. The van der Waals surface area contributed by atoms with Crippen LogP contribution in [0.2, 0.25) is 0 Å². The van der Waals surface area contributed by atoms with Crippen LogP contribution in [0, 0.1) is 5.92 Å². The number of fused-ring (bicyclic) bond motifs is 1. The van der Waals surface area contributed by atoms with Gasteiger partial charge in [-0.15, -0.1) is 0 Å². The maximum absolute atomic E-state index is 5.75. The molecule has 2 unspecified atom stereocenters. The molecule has 0 radical (unpaired) electrons. The van der Waals surface area contributed by atoms with Crippen molar-refractivity contribution >= 4 is 0 Å². The first-order chi connectivity index (χ1) is 6.26. The molecule has 2 rings (SSSR count). The first-order valence-corrected chi connectivity index (χ1v) is 5.07. The van der Waals surface area contributed by atoms with E-state index in [0.717, 1.165) is 25.1 Å². The molecule has 0 aliphatic heterocycles. The molecule has 2 atom stereocenters. The van der Waals surface area contributed by atoms with Crippen LogP contribution < -0.4 is 5.73 Å². The zero-order chi connectivity index (χ0) is 9.42. The van der Waals surface area contributed by atoms with Gasteiger partial charge in [0, 0.05) is 18.8 Å². The molecule has 1 aliphatic rings. The largest absolute Gasteiger partial charge is 0.466 e. The van der Waals surface area contributed by atoms with Crippen molar-refractivity contribution in [2.75, 3.05) is 6.54 Å². The monoisotopic (exact) mass is 179 g/mol. The summed E-state index contributed by atoms with van der Waals surface area (Å²) >= 11 is 0. The zero-order valence-corrected chi connectivity index (χ0v) is 8.34. The van der Waals surface area contributed by atoms with Crippen LogP contribution >= 0.6 is 0 Å². The average Bonchev–Trinajstić information content (AvgIpc) is 2.60. The molecule has 0 amide bonds. The molecule has 2 N–H and O–H groups in total. The first kappa shape index (κ1) is 8.82. The van der Waals surface area contributed by atoms with Crippen molar-refractivity contribution in [1.29, 1.82) is 0 Å². The fourth-order valence-electron chi connectivity index (χ4n) is 2.25. The molecule has 1 aromatic heterocycles. The van der Waals surface area contributed by atoms with E-state index in [-0.39, 0.29) is 0 Å². The second kappa shape index (κ2) is 3.18. The summed E-state index contributed by atoms with van der Waals surface area (Å²) in [7, 11) is 0. The van der Waals surface area contributed by atoms with Gasteiger partial charge in [0.05, 0.1) is 0 Å². The molecule has 1 aromatic rings. The molecule has 0 bridgehead atoms. The molecule has 1 aliphatic carbocycles. The van der Waals surface area contributed by atoms with E-state index in [1.165, 1.54) is 11.3 Å². The summed E-state index contributed by atoms with van der Waals surface area (Å²) in [4.78, 5) is 0. The summed E-state index contributed by atoms with van der Waals surface area (Å²) in [6.45, 7) is 5.12. The number of rotatable bonds is 2. The van der Waals surface area contributed by atoms with Gasteiger partial charge < -0.3 is 10.2 Å². The molecule has 2 heteroatoms. The minimum atomic E-state index is 0.527. The molecule has 72 valence electrons. The Morgan fingerprint density at radius 1 is 1.62 bits per heavy atom. The molecule has 13 heavy (non-hydrogen) atoms. The lowest BCUT2D eigenvalue weighted by atomic mass is 9.94. The van der Waals surface area contributed by atoms with E-state index >= 15 is 0 Å². The molecular weight excluding hydrogens is 162 g/mol. The van der Waals surface area contributed by atoms with Crippen LogP contribution in [-0.2, 0) is 12.8 Å². The van der Waals surface area contributed by atoms with Gasteiger partial charge in [0.2, 0.25) is 0 Å². The number of hydrogen-bond donors (Lipinski definition) is 1. The Labute approximate surface area is 79.1 Å². The highest BCUT2D eigenvalue weighted by atomic mass is 16.3. The second-order valence-electron chi connectivity index (χ2n) is 3.97. The Balaban J connectivity index is 2.33. The van der Waals surface area contributed by atoms with Crippen LogP contribution in [0.1, 0.15) is 36.8 Å². The van der Waals surface area contributed by atoms with Gasteiger partial charge in [0.15, 0.2) is 0 Å². The minimum absolute atomic E-state index is 0.527. The quantitative estimate of drug-likeness (QED) is 0.755. The third-order valence-electron chi connectivity index (χ3n) is 3.09. The Morgan fingerprint density at radius 2 is 2.38 bits per heavy atom. The summed E-state index contributed by atoms with van der Waals surface area (Å²) in [5.74, 6) is 3.47. The summed E-state index contributed by atoms with van der Waals surface area (Å²) in [5.41, 5.74) is 7.12. The first-order valence-electron chi connectivity index (χ1n) is 5.07. The summed E-state index contributed by atoms with van der Waals surface area (Å²) < 4.78 is 5.72. The third kappa shape index (κ3) is 1.29. The predicted octanol–water partition coefficient (Wildman–Crippen LogP) is 2.08. The molecule has 0 saturated carbocycles. The highest BCUT2D eigenvalue weighted by Gasteiger charge is 2.31. The molecule has 0 fully saturated rings. The Kier molecular flexibility index (Phi) is 2.16. The minimum Gasteiger partial charge on any atom is -0.466 e. The van der Waals surface area contributed by atoms with Gasteiger partial charge >= 0.3 is 0 Å². The Morgan fingerprint density at radius 3 is 3.00 bits per heavy atom. The standard InChI is InChI=1S/C11H17NO/c1-3-8-5-9-10(6-12)7(2)4-11(9)13-8/h5,7,10H,3-4,6,12H2,1-2H3. The lowest BCUT2D eigenvalue weighted by Gasteiger charge is -2.12. The summed E-state index contributed by atoms with van der Waals surface area (Å²) in [6, 6.07) is 2.19. The van der Waals surface area contributed by atoms with Crippen LogP contribution in [0.25, 0.3) is 0 Å². The van der Waals surface area contributed by atoms with Crippen LogP contribution in [0.5, 0.6) is 0 Å². The molecule has 0 spiro atoms. The van der Waals surface area contributed by atoms with Gasteiger partial charge in [-0.25, -0.2) is 0 Å². The molecular formula is C11H17NO. The molecule has 0 saturated heterocycles. The van der Waals surface area contributed by atoms with Crippen molar-refractivity contribution in [2.45, 2.75) is 32.6 Å². The fraction of sp³-hybridized carbons (Fsp3) is 0.636. The van der Waals surface area contributed by atoms with E-state index in [9.17, 15) is 0 Å². The fourth-order valence-corrected chi connectivity index (χ4v) is 2.25. The van der Waals surface area contributed by atoms with Crippen LogP contribution in [0.3, 0.4) is 0 Å². The number of nitrogens with two attached hydrogens (primary N) is 1. The van der Waals surface area contributed by atoms with E-state index in [1.54, 1.807) is 0 Å². The van der Waals surface area contributed by atoms with E-state index in [0.29, 0.717) is 11.8 Å². The molecule has 0 aromatic carbocycles. The van der Waals surface area contributed by atoms with Gasteiger partial charge in [-0.1, -0.05) is 13.8 Å². The van der Waals surface area contributed by atoms with Crippen molar-refractivity contribution in [3.63, 3.8) is 0 Å². The second-order valence-corrected chi connectivity index (χ2v) is 3.97. The van der Waals surface area contributed by atoms with E-state index in [2.05, 4.69) is 19.9 Å². The lowest BCUT2D eigenvalue weighted by molar-refractivity contribution is 0.438. The van der Waals surface area contributed by atoms with Crippen molar-refractivity contribution in [3.8, 4) is 0 Å². The molecule has 2 nitrogen and oxygen atoms in total. The SMILES string of the molecule is CCc1cc2c(o1)CC(C)C2CN. The van der Waals surface area contributed by atoms with Gasteiger partial charge in [0.25, 0.3) is 0 Å². The smallest absolute Gasteiger partial charge is 0.107 e. The van der Waals surface area contributed by atoms with Crippen molar-refractivity contribution in [1.82, 2.24) is 0 Å². The summed E-state index contributed by atoms with van der Waals surface area (Å²) in [6.07, 6.45) is 2.05. The van der Waals surface area contributed by atoms with Gasteiger partial charge in [0.1, 0.15) is 11.5 Å². The Hall–Kier alpha value is -0.760. The maximum Gasteiger partial charge on any atom is 0.107 e. The third-order valence-corrected chi connectivity index (χ3v) is 3.09. The van der Waals surface area contributed by atoms with Crippen LogP contribution in [-0.4, -0.2) is 6.54 Å². The van der Waals surface area contributed by atoms with Crippen molar-refractivity contribution in [2.24, 2.45) is 11.7 Å². The number of hydrogen-bond acceptors (Lipinski definition) is 2. The highest BCUT2D eigenvalue weighted by molar-refractivity contribution is 5.32. The lowest BCUT2D eigenvalue weighted by Crippen LogP contribution is -2.15. The van der Waals surface area contributed by atoms with Crippen molar-refractivity contribution < 1.29 is 4.42 Å². The predicted molar refractivity (Wildman–Crippen MR) is 52.7 cm³/mol. The zero-order valence-electron chi connectivity index (χ0n) is 8.34. The van der Waals surface area contributed by atoms with Gasteiger partial charge in [-0.2, -0.15) is 0 Å². The average molecular weight is 179 g/mol. The topological polar surface area (TPSA) is 39.2 Å². The van der Waals surface area contributed by atoms with Crippen LogP contribution in [0.15, 0.2) is 10.5 Å². The Bertz CT molecular complexity index is 303. The van der Waals surface area contributed by atoms with Gasteiger partial charge in [-0.3, -0.25) is 0 Å². The van der Waals surface area contributed by atoms with E-state index < -0.39 is 0 Å². The van der Waals surface area contributed by atoms with Crippen LogP contribution in [0.4, 0.5) is 0 Å². The van der Waals surface area contributed by atoms with Gasteiger partial charge in [-0.05, 0) is 24.1 Å². The van der Waals surface area contributed by atoms with Crippen molar-refractivity contribution in [3.05, 3.63) is 23.2 Å². The normalized spacial score (nSPS) is 26.4. The number of furan rings is 1. The van der Waals surface area contributed by atoms with E-state index in [1.807, 2.05) is 0 Å². The maximum atomic E-state index is 5.75. The number of aryl methyl sites for hydroxylation is 1. The highest BCUT2D eigenvalue weighted by Crippen LogP contribution is 2.38. The summed E-state index contributed by atoms with van der Waals surface area (Å²) in [5, 5.41) is 0.